The van der Waals surface area contributed by atoms with Gasteiger partial charge in [-0.1, -0.05) is 37.6 Å². The van der Waals surface area contributed by atoms with Gasteiger partial charge < -0.3 is 16.2 Å². The van der Waals surface area contributed by atoms with Crippen molar-refractivity contribution in [2.75, 3.05) is 18.8 Å². The van der Waals surface area contributed by atoms with Crippen molar-refractivity contribution >= 4 is 11.7 Å². The summed E-state index contributed by atoms with van der Waals surface area (Å²) in [5.41, 5.74) is 9.50. The number of nitrogens with two attached hydrogens (primary N) is 1. The topological polar surface area (TPSA) is 91.5 Å². The fraction of sp³-hybridized carbons (Fsp3) is 0.600. The number of pyridine rings is 1. The maximum absolute atomic E-state index is 13.7. The van der Waals surface area contributed by atoms with E-state index >= 15 is 0 Å². The van der Waals surface area contributed by atoms with Crippen LogP contribution in [0.2, 0.25) is 0 Å². The molecule has 5 rings (SSSR count). The van der Waals surface area contributed by atoms with Gasteiger partial charge in [-0.05, 0) is 61.6 Å². The number of nitrogens with one attached hydrogen (secondary N) is 1. The van der Waals surface area contributed by atoms with Gasteiger partial charge >= 0.3 is 0 Å². The van der Waals surface area contributed by atoms with Crippen LogP contribution in [0, 0.1) is 5.92 Å². The molecule has 1 amide bonds. The highest BCUT2D eigenvalue weighted by Gasteiger charge is 2.41. The summed E-state index contributed by atoms with van der Waals surface area (Å²) < 4.78 is 27.4. The molecule has 3 fully saturated rings. The molecule has 2 aromatic rings. The highest BCUT2D eigenvalue weighted by molar-refractivity contribution is 5.99. The largest absolute Gasteiger partial charge is 0.393 e. The summed E-state index contributed by atoms with van der Waals surface area (Å²) in [5, 5.41) is 12.8. The van der Waals surface area contributed by atoms with Crippen LogP contribution in [-0.2, 0) is 0 Å². The normalized spacial score (nSPS) is 28.3. The van der Waals surface area contributed by atoms with Gasteiger partial charge in [0.15, 0.2) is 0 Å². The molecule has 2 aliphatic carbocycles. The van der Waals surface area contributed by atoms with E-state index in [4.69, 9.17) is 5.73 Å². The zero-order valence-electron chi connectivity index (χ0n) is 22.2. The number of aliphatic hydroxyl groups excluding tert-OH is 1. The molecule has 8 heteroatoms. The second kappa shape index (κ2) is 11.3. The van der Waals surface area contributed by atoms with Gasteiger partial charge in [0, 0.05) is 55.7 Å². The highest BCUT2D eigenvalue weighted by Crippen LogP contribution is 2.41. The molecule has 38 heavy (non-hydrogen) atoms. The van der Waals surface area contributed by atoms with Crippen molar-refractivity contribution in [3.05, 3.63) is 47.7 Å². The van der Waals surface area contributed by atoms with Crippen LogP contribution < -0.4 is 11.1 Å². The molecule has 3 aliphatic rings. The number of likely N-dealkylation sites (tertiary alicyclic amines) is 1. The molecule has 1 saturated heterocycles. The van der Waals surface area contributed by atoms with Gasteiger partial charge in [0.05, 0.1) is 11.7 Å². The molecule has 6 nitrogen and oxygen atoms in total. The average Bonchev–Trinajstić information content (AvgIpc) is 3.35. The number of carbonyl (C=O) groups is 1. The summed E-state index contributed by atoms with van der Waals surface area (Å²) in [7, 11) is 0. The van der Waals surface area contributed by atoms with Crippen molar-refractivity contribution in [3.63, 3.8) is 0 Å². The van der Waals surface area contributed by atoms with E-state index in [1.54, 1.807) is 12.3 Å². The van der Waals surface area contributed by atoms with Gasteiger partial charge in [-0.25, -0.2) is 13.8 Å². The van der Waals surface area contributed by atoms with Crippen LogP contribution in [0.15, 0.2) is 36.5 Å². The fourth-order valence-electron chi connectivity index (χ4n) is 6.61. The van der Waals surface area contributed by atoms with Crippen LogP contribution in [0.4, 0.5) is 14.6 Å². The van der Waals surface area contributed by atoms with E-state index in [1.807, 2.05) is 0 Å². The maximum Gasteiger partial charge on any atom is 0.255 e. The zero-order valence-corrected chi connectivity index (χ0v) is 22.2. The summed E-state index contributed by atoms with van der Waals surface area (Å²) in [4.78, 5) is 19.7. The smallest absolute Gasteiger partial charge is 0.255 e. The standard InChI is InChI=1S/C30H40F2N4O2/c1-2-19-17-36(24-11-13-30(31,32)14-12-24)18-27(19)21-5-3-20(4-6-21)22-15-26(28(33)34-16-22)29(38)35-23-7-9-25(37)10-8-23/h3-6,15-16,19,23-25,27,37H,2,7-14,17-18H2,1H3,(H2,33,34)(H,35,38)/t19-,23-,25-,27-/m1/s1. The number of aliphatic hydroxyl groups is 1. The molecular weight excluding hydrogens is 486 g/mol. The number of aromatic nitrogens is 1. The van der Waals surface area contributed by atoms with Crippen LogP contribution in [0.25, 0.3) is 11.1 Å². The summed E-state index contributed by atoms with van der Waals surface area (Å²) in [6.07, 6.45) is 6.55. The second-order valence-electron chi connectivity index (χ2n) is 11.6. The Bertz CT molecular complexity index is 1110. The summed E-state index contributed by atoms with van der Waals surface area (Å²) in [6, 6.07) is 10.6. The van der Waals surface area contributed by atoms with Gasteiger partial charge in [0.1, 0.15) is 5.82 Å². The predicted octanol–water partition coefficient (Wildman–Crippen LogP) is 5.37. The third-order valence-electron chi connectivity index (χ3n) is 9.06. The van der Waals surface area contributed by atoms with E-state index in [0.717, 1.165) is 43.5 Å². The molecule has 1 aromatic heterocycles. The third kappa shape index (κ3) is 6.01. The zero-order chi connectivity index (χ0) is 26.9. The number of halogens is 2. The van der Waals surface area contributed by atoms with E-state index in [9.17, 15) is 18.7 Å². The average molecular weight is 527 g/mol. The van der Waals surface area contributed by atoms with Crippen LogP contribution in [0.5, 0.6) is 0 Å². The summed E-state index contributed by atoms with van der Waals surface area (Å²) in [6.45, 7) is 4.10. The molecule has 4 N–H and O–H groups in total. The van der Waals surface area contributed by atoms with Gasteiger partial charge in [0.2, 0.25) is 5.92 Å². The first-order chi connectivity index (χ1) is 18.2. The number of nitrogens with zero attached hydrogens (tertiary/aromatic N) is 2. The van der Waals surface area contributed by atoms with E-state index in [1.165, 1.54) is 5.56 Å². The van der Waals surface area contributed by atoms with Gasteiger partial charge in [-0.15, -0.1) is 0 Å². The summed E-state index contributed by atoms with van der Waals surface area (Å²) >= 11 is 0. The lowest BCUT2D eigenvalue weighted by molar-refractivity contribution is -0.0519. The van der Waals surface area contributed by atoms with Crippen LogP contribution in [0.1, 0.15) is 86.6 Å². The lowest BCUT2D eigenvalue weighted by atomic mass is 9.86. The third-order valence-corrected chi connectivity index (χ3v) is 9.06. The Morgan fingerprint density at radius 3 is 2.42 bits per heavy atom. The van der Waals surface area contributed by atoms with E-state index in [-0.39, 0.29) is 42.8 Å². The Morgan fingerprint density at radius 1 is 1.08 bits per heavy atom. The molecule has 2 atom stereocenters. The summed E-state index contributed by atoms with van der Waals surface area (Å²) in [5.74, 6) is -1.62. The molecule has 0 radical (unpaired) electrons. The molecule has 1 aliphatic heterocycles. The number of benzene rings is 1. The van der Waals surface area contributed by atoms with Crippen LogP contribution >= 0.6 is 0 Å². The Labute approximate surface area is 224 Å². The van der Waals surface area contributed by atoms with E-state index in [0.29, 0.717) is 43.1 Å². The van der Waals surface area contributed by atoms with Crippen LogP contribution in [-0.4, -0.2) is 58.1 Å². The number of hydrogen-bond donors (Lipinski definition) is 3. The Balaban J connectivity index is 1.26. The molecule has 2 saturated carbocycles. The first-order valence-electron chi connectivity index (χ1n) is 14.2. The minimum atomic E-state index is -2.49. The van der Waals surface area contributed by atoms with Crippen molar-refractivity contribution < 1.29 is 18.7 Å². The van der Waals surface area contributed by atoms with Crippen molar-refractivity contribution in [1.29, 1.82) is 0 Å². The van der Waals surface area contributed by atoms with Crippen molar-refractivity contribution in [1.82, 2.24) is 15.2 Å². The number of carbonyl (C=O) groups excluding carboxylic acids is 1. The van der Waals surface area contributed by atoms with Gasteiger partial charge in [-0.2, -0.15) is 0 Å². The van der Waals surface area contributed by atoms with Crippen molar-refractivity contribution in [2.24, 2.45) is 5.92 Å². The number of anilines is 1. The first-order valence-corrected chi connectivity index (χ1v) is 14.2. The number of rotatable bonds is 6. The van der Waals surface area contributed by atoms with Crippen molar-refractivity contribution in [2.45, 2.75) is 94.7 Å². The number of alkyl halides is 2. The molecule has 2 heterocycles. The quantitative estimate of drug-likeness (QED) is 0.471. The maximum atomic E-state index is 13.7. The molecule has 206 valence electrons. The molecule has 0 unspecified atom stereocenters. The second-order valence-corrected chi connectivity index (χ2v) is 11.6. The SMILES string of the molecule is CC[C@@H]1CN(C2CCC(F)(F)CC2)C[C@H]1c1ccc(-c2cnc(N)c(C(=O)N[C@H]3CC[C@H](O)CC3)c2)cc1. The van der Waals surface area contributed by atoms with Crippen LogP contribution in [0.3, 0.4) is 0 Å². The Kier molecular flexibility index (Phi) is 8.00. The Hall–Kier alpha value is -2.58. The molecule has 1 aromatic carbocycles. The van der Waals surface area contributed by atoms with E-state index < -0.39 is 5.92 Å². The van der Waals surface area contributed by atoms with Gasteiger partial charge in [-0.3, -0.25) is 9.69 Å². The highest BCUT2D eigenvalue weighted by atomic mass is 19.3. The monoisotopic (exact) mass is 526 g/mol. The Morgan fingerprint density at radius 2 is 1.76 bits per heavy atom. The fourth-order valence-corrected chi connectivity index (χ4v) is 6.61. The van der Waals surface area contributed by atoms with Crippen molar-refractivity contribution in [3.8, 4) is 11.1 Å². The predicted molar refractivity (Wildman–Crippen MR) is 145 cm³/mol. The minimum absolute atomic E-state index is 0.00371. The van der Waals surface area contributed by atoms with E-state index in [2.05, 4.69) is 46.4 Å². The molecule has 0 spiro atoms. The molecule has 0 bridgehead atoms. The minimum Gasteiger partial charge on any atom is -0.393 e. The lowest BCUT2D eigenvalue weighted by Crippen LogP contribution is -2.39. The first kappa shape index (κ1) is 27.0. The lowest BCUT2D eigenvalue weighted by Gasteiger charge is -2.34. The number of nitrogen functional groups attached to an aromatic ring is 1. The number of amides is 1. The number of hydrogen-bond acceptors (Lipinski definition) is 5. The van der Waals surface area contributed by atoms with Gasteiger partial charge in [0.25, 0.3) is 5.91 Å². The molecular formula is C30H40F2N4O2.